The Hall–Kier alpha value is -0.990. The molecule has 1 atom stereocenters. The largest absolute Gasteiger partial charge is 0.257 e. The summed E-state index contributed by atoms with van der Waals surface area (Å²) in [5, 5.41) is 5.03. The molecule has 1 heterocycles. The monoisotopic (exact) mass is 282 g/mol. The first-order chi connectivity index (χ1) is 8.59. The molecule has 1 aromatic heterocycles. The molecular formula is C14H16Cl2N2. The van der Waals surface area contributed by atoms with Crippen molar-refractivity contribution in [2.24, 2.45) is 7.05 Å². The van der Waals surface area contributed by atoms with Crippen LogP contribution in [-0.2, 0) is 13.5 Å². The zero-order valence-corrected chi connectivity index (χ0v) is 12.0. The molecule has 2 aromatic rings. The summed E-state index contributed by atoms with van der Waals surface area (Å²) in [4.78, 5) is 0. The number of nitrogens with zero attached hydrogens (tertiary/aromatic N) is 2. The van der Waals surface area contributed by atoms with Gasteiger partial charge >= 0.3 is 0 Å². The van der Waals surface area contributed by atoms with E-state index in [2.05, 4.69) is 17.2 Å². The lowest BCUT2D eigenvalue weighted by molar-refractivity contribution is 0.756. The molecule has 0 amide bonds. The van der Waals surface area contributed by atoms with E-state index < -0.39 is 0 Å². The zero-order valence-electron chi connectivity index (χ0n) is 10.5. The van der Waals surface area contributed by atoms with Crippen molar-refractivity contribution in [3.05, 3.63) is 52.3 Å². The van der Waals surface area contributed by atoms with Crippen molar-refractivity contribution in [1.29, 1.82) is 0 Å². The van der Waals surface area contributed by atoms with E-state index in [-0.39, 0.29) is 5.38 Å². The van der Waals surface area contributed by atoms with E-state index in [0.717, 1.165) is 29.7 Å². The molecule has 0 saturated carbocycles. The smallest absolute Gasteiger partial charge is 0.130 e. The first-order valence-corrected chi connectivity index (χ1v) is 6.78. The van der Waals surface area contributed by atoms with Crippen LogP contribution >= 0.6 is 23.2 Å². The molecule has 0 bridgehead atoms. The third-order valence-electron chi connectivity index (χ3n) is 3.08. The first kappa shape index (κ1) is 13.4. The minimum Gasteiger partial charge on any atom is -0.257 e. The highest BCUT2D eigenvalue weighted by atomic mass is 35.5. The maximum Gasteiger partial charge on any atom is 0.130 e. The van der Waals surface area contributed by atoms with Crippen LogP contribution in [0.15, 0.2) is 30.3 Å². The van der Waals surface area contributed by atoms with Crippen molar-refractivity contribution in [2.45, 2.75) is 25.1 Å². The quantitative estimate of drug-likeness (QED) is 0.765. The van der Waals surface area contributed by atoms with Gasteiger partial charge in [0.15, 0.2) is 0 Å². The van der Waals surface area contributed by atoms with Gasteiger partial charge in [0.2, 0.25) is 0 Å². The molecule has 0 aliphatic rings. The number of aryl methyl sites for hydroxylation is 2. The predicted molar refractivity (Wildman–Crippen MR) is 76.3 cm³/mol. The molecule has 4 heteroatoms. The van der Waals surface area contributed by atoms with Gasteiger partial charge in [-0.15, -0.1) is 11.6 Å². The molecule has 0 radical (unpaired) electrons. The normalized spacial score (nSPS) is 12.7. The summed E-state index contributed by atoms with van der Waals surface area (Å²) < 4.78 is 1.71. The van der Waals surface area contributed by atoms with Crippen LogP contribution in [-0.4, -0.2) is 9.78 Å². The minimum atomic E-state index is 0.0156. The number of halogens is 2. The van der Waals surface area contributed by atoms with E-state index in [4.69, 9.17) is 23.2 Å². The average Bonchev–Trinajstić information content (AvgIpc) is 2.62. The highest BCUT2D eigenvalue weighted by Crippen LogP contribution is 2.28. The van der Waals surface area contributed by atoms with Gasteiger partial charge in [-0.1, -0.05) is 41.9 Å². The van der Waals surface area contributed by atoms with Gasteiger partial charge in [-0.05, 0) is 25.3 Å². The summed E-state index contributed by atoms with van der Waals surface area (Å²) in [5.41, 5.74) is 3.23. The highest BCUT2D eigenvalue weighted by Gasteiger charge is 2.14. The summed E-state index contributed by atoms with van der Waals surface area (Å²) in [7, 11) is 1.86. The van der Waals surface area contributed by atoms with E-state index in [1.165, 1.54) is 0 Å². The summed E-state index contributed by atoms with van der Waals surface area (Å²) in [5.74, 6) is 0. The SMILES string of the molecule is Cc1nn(C)c(Cl)c1CCC(Cl)c1ccccc1. The lowest BCUT2D eigenvalue weighted by Gasteiger charge is -2.09. The van der Waals surface area contributed by atoms with Gasteiger partial charge in [0.05, 0.1) is 11.1 Å². The van der Waals surface area contributed by atoms with Gasteiger partial charge in [0.25, 0.3) is 0 Å². The Labute approximate surface area is 118 Å². The van der Waals surface area contributed by atoms with Crippen LogP contribution in [0.2, 0.25) is 5.15 Å². The van der Waals surface area contributed by atoms with Crippen LogP contribution in [0.4, 0.5) is 0 Å². The lowest BCUT2D eigenvalue weighted by atomic mass is 10.0. The van der Waals surface area contributed by atoms with Gasteiger partial charge in [-0.2, -0.15) is 5.10 Å². The standard InChI is InChI=1S/C14H16Cl2N2/c1-10-12(14(16)18(2)17-10)8-9-13(15)11-6-4-3-5-7-11/h3-7,13H,8-9H2,1-2H3. The van der Waals surface area contributed by atoms with E-state index in [1.54, 1.807) is 4.68 Å². The number of alkyl halides is 1. The average molecular weight is 283 g/mol. The van der Waals surface area contributed by atoms with Gasteiger partial charge in [0.1, 0.15) is 5.15 Å². The number of benzene rings is 1. The summed E-state index contributed by atoms with van der Waals surface area (Å²) in [6, 6.07) is 10.1. The molecule has 0 fully saturated rings. The van der Waals surface area contributed by atoms with E-state index in [0.29, 0.717) is 5.15 Å². The van der Waals surface area contributed by atoms with Gasteiger partial charge in [0, 0.05) is 12.6 Å². The van der Waals surface area contributed by atoms with E-state index in [1.807, 2.05) is 32.2 Å². The van der Waals surface area contributed by atoms with Gasteiger partial charge in [-0.25, -0.2) is 0 Å². The lowest BCUT2D eigenvalue weighted by Crippen LogP contribution is -1.95. The topological polar surface area (TPSA) is 17.8 Å². The molecule has 0 aliphatic heterocycles. The Morgan fingerprint density at radius 3 is 2.50 bits per heavy atom. The van der Waals surface area contributed by atoms with Crippen LogP contribution in [0.3, 0.4) is 0 Å². The van der Waals surface area contributed by atoms with Crippen LogP contribution in [0, 0.1) is 6.92 Å². The molecule has 18 heavy (non-hydrogen) atoms. The number of aromatic nitrogens is 2. The molecule has 1 aromatic carbocycles. The van der Waals surface area contributed by atoms with Crippen molar-refractivity contribution < 1.29 is 0 Å². The van der Waals surface area contributed by atoms with Crippen molar-refractivity contribution in [1.82, 2.24) is 9.78 Å². The van der Waals surface area contributed by atoms with Crippen LogP contribution in [0.1, 0.15) is 28.6 Å². The highest BCUT2D eigenvalue weighted by molar-refractivity contribution is 6.30. The molecule has 96 valence electrons. The molecule has 2 nitrogen and oxygen atoms in total. The molecule has 1 unspecified atom stereocenters. The fraction of sp³-hybridized carbons (Fsp3) is 0.357. The Morgan fingerprint density at radius 1 is 1.28 bits per heavy atom. The van der Waals surface area contributed by atoms with Crippen molar-refractivity contribution >= 4 is 23.2 Å². The van der Waals surface area contributed by atoms with Crippen molar-refractivity contribution in [3.8, 4) is 0 Å². The zero-order chi connectivity index (χ0) is 13.1. The molecule has 0 aliphatic carbocycles. The van der Waals surface area contributed by atoms with Gasteiger partial charge in [-0.3, -0.25) is 4.68 Å². The maximum absolute atomic E-state index is 6.40. The molecular weight excluding hydrogens is 267 g/mol. The summed E-state index contributed by atoms with van der Waals surface area (Å²) in [6.45, 7) is 1.98. The van der Waals surface area contributed by atoms with Gasteiger partial charge < -0.3 is 0 Å². The summed E-state index contributed by atoms with van der Waals surface area (Å²) >= 11 is 12.6. The van der Waals surface area contributed by atoms with E-state index >= 15 is 0 Å². The molecule has 0 spiro atoms. The van der Waals surface area contributed by atoms with Crippen molar-refractivity contribution in [3.63, 3.8) is 0 Å². The fourth-order valence-corrected chi connectivity index (χ4v) is 2.58. The first-order valence-electron chi connectivity index (χ1n) is 5.96. The van der Waals surface area contributed by atoms with Crippen LogP contribution in [0.5, 0.6) is 0 Å². The Kier molecular flexibility index (Phi) is 4.31. The van der Waals surface area contributed by atoms with Crippen molar-refractivity contribution in [2.75, 3.05) is 0 Å². The Balaban J connectivity index is 2.04. The second kappa shape index (κ2) is 5.77. The third kappa shape index (κ3) is 2.88. The molecule has 0 saturated heterocycles. The Bertz CT molecular complexity index is 520. The fourth-order valence-electron chi connectivity index (χ4n) is 2.06. The number of rotatable bonds is 4. The van der Waals surface area contributed by atoms with Crippen LogP contribution in [0.25, 0.3) is 0 Å². The Morgan fingerprint density at radius 2 is 1.94 bits per heavy atom. The maximum atomic E-state index is 6.40. The number of hydrogen-bond acceptors (Lipinski definition) is 1. The predicted octanol–water partition coefficient (Wildman–Crippen LogP) is 4.29. The minimum absolute atomic E-state index is 0.0156. The number of hydrogen-bond donors (Lipinski definition) is 0. The second-order valence-electron chi connectivity index (χ2n) is 4.40. The third-order valence-corrected chi connectivity index (χ3v) is 4.02. The summed E-state index contributed by atoms with van der Waals surface area (Å²) in [6.07, 6.45) is 1.71. The molecule has 2 rings (SSSR count). The molecule has 0 N–H and O–H groups in total. The van der Waals surface area contributed by atoms with Crippen LogP contribution < -0.4 is 0 Å². The van der Waals surface area contributed by atoms with E-state index in [9.17, 15) is 0 Å². The second-order valence-corrected chi connectivity index (χ2v) is 5.28.